The summed E-state index contributed by atoms with van der Waals surface area (Å²) in [7, 11) is 0. The van der Waals surface area contributed by atoms with Crippen molar-refractivity contribution in [2.24, 2.45) is 5.73 Å². The smallest absolute Gasteiger partial charge is 0.106 e. The molecule has 0 aromatic heterocycles. The molecule has 14 heavy (non-hydrogen) atoms. The molecule has 4 N–H and O–H groups in total. The van der Waals surface area contributed by atoms with Crippen molar-refractivity contribution in [3.63, 3.8) is 0 Å². The van der Waals surface area contributed by atoms with E-state index >= 15 is 0 Å². The van der Waals surface area contributed by atoms with Gasteiger partial charge >= 0.3 is 0 Å². The lowest BCUT2D eigenvalue weighted by molar-refractivity contribution is 0.0243. The van der Waals surface area contributed by atoms with Crippen molar-refractivity contribution < 1.29 is 10.2 Å². The van der Waals surface area contributed by atoms with E-state index in [0.29, 0.717) is 15.6 Å². The summed E-state index contributed by atoms with van der Waals surface area (Å²) in [4.78, 5) is 0. The first-order valence-electron chi connectivity index (χ1n) is 4.06. The van der Waals surface area contributed by atoms with Crippen molar-refractivity contribution in [2.45, 2.75) is 12.2 Å². The highest BCUT2D eigenvalue weighted by Crippen LogP contribution is 2.24. The first-order valence-corrected chi connectivity index (χ1v) is 4.82. The standard InChI is InChI=1S/C9H11Cl2NO2/c10-6-1-5(2-7(11)3-6)9(14)8(13)4-12/h1-3,8-9,13-14H,4,12H2. The Labute approximate surface area is 92.1 Å². The van der Waals surface area contributed by atoms with E-state index in [-0.39, 0.29) is 6.54 Å². The number of hydrogen-bond acceptors (Lipinski definition) is 3. The van der Waals surface area contributed by atoms with Crippen LogP contribution in [0.15, 0.2) is 18.2 Å². The van der Waals surface area contributed by atoms with Crippen molar-refractivity contribution in [1.82, 2.24) is 0 Å². The largest absolute Gasteiger partial charge is 0.389 e. The van der Waals surface area contributed by atoms with Crippen LogP contribution in [0.25, 0.3) is 0 Å². The Kier molecular flexibility index (Phi) is 4.16. The summed E-state index contributed by atoms with van der Waals surface area (Å²) in [6.07, 6.45) is -2.07. The van der Waals surface area contributed by atoms with Gasteiger partial charge in [0.25, 0.3) is 0 Å². The Morgan fingerprint density at radius 2 is 1.64 bits per heavy atom. The van der Waals surface area contributed by atoms with Gasteiger partial charge in [0, 0.05) is 16.6 Å². The molecular formula is C9H11Cl2NO2. The summed E-state index contributed by atoms with van der Waals surface area (Å²) >= 11 is 11.5. The Bertz CT molecular complexity index is 299. The quantitative estimate of drug-likeness (QED) is 0.742. The molecule has 2 unspecified atom stereocenters. The number of nitrogens with two attached hydrogens (primary N) is 1. The molecule has 0 saturated heterocycles. The fourth-order valence-corrected chi connectivity index (χ4v) is 1.64. The molecule has 0 aliphatic rings. The number of halogens is 2. The van der Waals surface area contributed by atoms with Gasteiger partial charge in [-0.05, 0) is 23.8 Å². The third-order valence-electron chi connectivity index (χ3n) is 1.83. The summed E-state index contributed by atoms with van der Waals surface area (Å²) in [6, 6.07) is 4.63. The highest BCUT2D eigenvalue weighted by Gasteiger charge is 2.17. The van der Waals surface area contributed by atoms with Gasteiger partial charge in [0.2, 0.25) is 0 Å². The van der Waals surface area contributed by atoms with Crippen LogP contribution in [-0.4, -0.2) is 22.9 Å². The Balaban J connectivity index is 2.94. The molecule has 0 aliphatic heterocycles. The molecule has 1 aromatic carbocycles. The van der Waals surface area contributed by atoms with E-state index in [0.717, 1.165) is 0 Å². The van der Waals surface area contributed by atoms with Crippen LogP contribution in [0.3, 0.4) is 0 Å². The SMILES string of the molecule is NCC(O)C(O)c1cc(Cl)cc(Cl)c1. The molecule has 2 atom stereocenters. The van der Waals surface area contributed by atoms with Gasteiger partial charge in [-0.2, -0.15) is 0 Å². The highest BCUT2D eigenvalue weighted by atomic mass is 35.5. The maximum atomic E-state index is 9.59. The van der Waals surface area contributed by atoms with E-state index in [1.807, 2.05) is 0 Å². The Morgan fingerprint density at radius 3 is 2.07 bits per heavy atom. The molecule has 3 nitrogen and oxygen atoms in total. The highest BCUT2D eigenvalue weighted by molar-refractivity contribution is 6.34. The molecule has 0 bridgehead atoms. The summed E-state index contributed by atoms with van der Waals surface area (Å²) in [6.45, 7) is -0.0225. The lowest BCUT2D eigenvalue weighted by atomic mass is 10.0. The van der Waals surface area contributed by atoms with Crippen LogP contribution in [0.5, 0.6) is 0 Å². The predicted molar refractivity (Wildman–Crippen MR) is 56.5 cm³/mol. The average molecular weight is 236 g/mol. The third kappa shape index (κ3) is 2.83. The van der Waals surface area contributed by atoms with Gasteiger partial charge in [-0.25, -0.2) is 0 Å². The second kappa shape index (κ2) is 4.96. The van der Waals surface area contributed by atoms with E-state index in [4.69, 9.17) is 28.9 Å². The Morgan fingerprint density at radius 1 is 1.14 bits per heavy atom. The average Bonchev–Trinajstić information content (AvgIpc) is 2.14. The first-order chi connectivity index (χ1) is 6.54. The van der Waals surface area contributed by atoms with Gasteiger partial charge < -0.3 is 15.9 Å². The fraction of sp³-hybridized carbons (Fsp3) is 0.333. The summed E-state index contributed by atoms with van der Waals surface area (Å²) in [5, 5.41) is 19.7. The van der Waals surface area contributed by atoms with Crippen LogP contribution < -0.4 is 5.73 Å². The van der Waals surface area contributed by atoms with E-state index < -0.39 is 12.2 Å². The van der Waals surface area contributed by atoms with E-state index in [9.17, 15) is 10.2 Å². The topological polar surface area (TPSA) is 66.5 Å². The van der Waals surface area contributed by atoms with E-state index in [1.165, 1.54) is 12.1 Å². The van der Waals surface area contributed by atoms with Gasteiger partial charge in [0.05, 0.1) is 6.10 Å². The van der Waals surface area contributed by atoms with Gasteiger partial charge in [-0.3, -0.25) is 0 Å². The van der Waals surface area contributed by atoms with E-state index in [2.05, 4.69) is 0 Å². The third-order valence-corrected chi connectivity index (χ3v) is 2.27. The molecule has 0 spiro atoms. The summed E-state index contributed by atoms with van der Waals surface area (Å²) in [5.74, 6) is 0. The molecule has 78 valence electrons. The minimum absolute atomic E-state index is 0.0225. The minimum Gasteiger partial charge on any atom is -0.389 e. The number of aliphatic hydroxyl groups is 2. The zero-order chi connectivity index (χ0) is 10.7. The normalized spacial score (nSPS) is 15.2. The summed E-state index contributed by atoms with van der Waals surface area (Å²) < 4.78 is 0. The maximum absolute atomic E-state index is 9.59. The molecule has 0 saturated carbocycles. The van der Waals surface area contributed by atoms with Crippen LogP contribution in [0, 0.1) is 0 Å². The molecular weight excluding hydrogens is 225 g/mol. The van der Waals surface area contributed by atoms with Gasteiger partial charge in [-0.15, -0.1) is 0 Å². The van der Waals surface area contributed by atoms with Gasteiger partial charge in [0.15, 0.2) is 0 Å². The zero-order valence-electron chi connectivity index (χ0n) is 7.32. The van der Waals surface area contributed by atoms with Crippen molar-refractivity contribution in [3.05, 3.63) is 33.8 Å². The van der Waals surface area contributed by atoms with Crippen LogP contribution >= 0.6 is 23.2 Å². The second-order valence-electron chi connectivity index (χ2n) is 2.95. The molecule has 0 radical (unpaired) electrons. The van der Waals surface area contributed by atoms with Crippen molar-refractivity contribution in [2.75, 3.05) is 6.54 Å². The molecule has 0 amide bonds. The lowest BCUT2D eigenvalue weighted by Crippen LogP contribution is -2.27. The zero-order valence-corrected chi connectivity index (χ0v) is 8.83. The molecule has 5 heteroatoms. The number of rotatable bonds is 3. The monoisotopic (exact) mass is 235 g/mol. The van der Waals surface area contributed by atoms with Crippen molar-refractivity contribution in [3.8, 4) is 0 Å². The van der Waals surface area contributed by atoms with Crippen molar-refractivity contribution in [1.29, 1.82) is 0 Å². The van der Waals surface area contributed by atoms with E-state index in [1.54, 1.807) is 6.07 Å². The molecule has 1 aromatic rings. The lowest BCUT2D eigenvalue weighted by Gasteiger charge is -2.16. The molecule has 0 fully saturated rings. The molecule has 0 aliphatic carbocycles. The maximum Gasteiger partial charge on any atom is 0.106 e. The minimum atomic E-state index is -1.06. The second-order valence-corrected chi connectivity index (χ2v) is 3.82. The van der Waals surface area contributed by atoms with Gasteiger partial charge in [0.1, 0.15) is 6.10 Å². The van der Waals surface area contributed by atoms with Gasteiger partial charge in [-0.1, -0.05) is 23.2 Å². The summed E-state index contributed by atoms with van der Waals surface area (Å²) in [5.41, 5.74) is 5.67. The predicted octanol–water partition coefficient (Wildman–Crippen LogP) is 1.35. The number of aliphatic hydroxyl groups excluding tert-OH is 2. The van der Waals surface area contributed by atoms with Crippen LogP contribution in [0.2, 0.25) is 10.0 Å². The Hall–Kier alpha value is -0.320. The number of hydrogen-bond donors (Lipinski definition) is 3. The van der Waals surface area contributed by atoms with Crippen LogP contribution in [0.1, 0.15) is 11.7 Å². The fourth-order valence-electron chi connectivity index (χ4n) is 1.10. The number of benzene rings is 1. The van der Waals surface area contributed by atoms with Crippen LogP contribution in [0.4, 0.5) is 0 Å². The van der Waals surface area contributed by atoms with Crippen molar-refractivity contribution >= 4 is 23.2 Å². The molecule has 1 rings (SSSR count). The van der Waals surface area contributed by atoms with Crippen LogP contribution in [-0.2, 0) is 0 Å². The molecule has 0 heterocycles. The first kappa shape index (κ1) is 11.8.